The lowest BCUT2D eigenvalue weighted by molar-refractivity contribution is 0.362. The summed E-state index contributed by atoms with van der Waals surface area (Å²) >= 11 is 1.89. The van der Waals surface area contributed by atoms with Gasteiger partial charge >= 0.3 is 0 Å². The molecule has 0 aromatic carbocycles. The van der Waals surface area contributed by atoms with E-state index in [-0.39, 0.29) is 6.04 Å². The molecular formula is C15H23N3S. The fourth-order valence-corrected chi connectivity index (χ4v) is 5.49. The third kappa shape index (κ3) is 2.00. The number of nitrogens with zero attached hydrogens (tertiary/aromatic N) is 2. The number of fused-ring (bicyclic) bond motifs is 2. The van der Waals surface area contributed by atoms with Gasteiger partial charge in [-0.1, -0.05) is 17.8 Å². The standard InChI is InChI=1S/C15H23N3S/c16-11-6-2-7-12-14(11)19-15(17-12)18-9-3-5-10-4-1-8-13(10)18/h10-11,13H,1-9,16H2. The summed E-state index contributed by atoms with van der Waals surface area (Å²) < 4.78 is 0. The second kappa shape index (κ2) is 4.74. The van der Waals surface area contributed by atoms with Crippen LogP contribution >= 0.6 is 11.3 Å². The summed E-state index contributed by atoms with van der Waals surface area (Å²) in [4.78, 5) is 8.95. The van der Waals surface area contributed by atoms with E-state index in [0.29, 0.717) is 0 Å². The van der Waals surface area contributed by atoms with Gasteiger partial charge < -0.3 is 10.6 Å². The van der Waals surface area contributed by atoms with Crippen molar-refractivity contribution >= 4 is 16.5 Å². The fraction of sp³-hybridized carbons (Fsp3) is 0.800. The summed E-state index contributed by atoms with van der Waals surface area (Å²) in [5.41, 5.74) is 7.55. The Balaban J connectivity index is 1.64. The van der Waals surface area contributed by atoms with E-state index in [9.17, 15) is 0 Å². The number of aryl methyl sites for hydroxylation is 1. The molecule has 1 saturated carbocycles. The predicted octanol–water partition coefficient (Wildman–Crippen LogP) is 3.25. The normalized spacial score (nSPS) is 34.2. The molecule has 0 bridgehead atoms. The van der Waals surface area contributed by atoms with Crippen LogP contribution in [0.15, 0.2) is 0 Å². The lowest BCUT2D eigenvalue weighted by atomic mass is 9.92. The van der Waals surface area contributed by atoms with E-state index in [2.05, 4.69) is 4.90 Å². The molecule has 3 aliphatic rings. The van der Waals surface area contributed by atoms with E-state index in [1.54, 1.807) is 0 Å². The van der Waals surface area contributed by atoms with E-state index in [1.807, 2.05) is 11.3 Å². The predicted molar refractivity (Wildman–Crippen MR) is 79.7 cm³/mol. The van der Waals surface area contributed by atoms with Gasteiger partial charge in [0, 0.05) is 23.5 Å². The lowest BCUT2D eigenvalue weighted by Gasteiger charge is -2.37. The first-order valence-corrected chi connectivity index (χ1v) is 8.66. The Morgan fingerprint density at radius 2 is 2.00 bits per heavy atom. The zero-order chi connectivity index (χ0) is 12.8. The van der Waals surface area contributed by atoms with Crippen LogP contribution in [0.4, 0.5) is 5.13 Å². The molecule has 2 heterocycles. The van der Waals surface area contributed by atoms with E-state index in [1.165, 1.54) is 60.8 Å². The first kappa shape index (κ1) is 12.2. The molecule has 1 aromatic heterocycles. The van der Waals surface area contributed by atoms with Crippen molar-refractivity contribution in [1.29, 1.82) is 0 Å². The molecule has 1 saturated heterocycles. The highest BCUT2D eigenvalue weighted by Gasteiger charge is 2.37. The second-order valence-corrected chi connectivity index (χ2v) is 7.41. The number of thiazole rings is 1. The Hall–Kier alpha value is -0.610. The first-order valence-electron chi connectivity index (χ1n) is 7.85. The molecule has 4 rings (SSSR count). The van der Waals surface area contributed by atoms with Crippen LogP contribution in [0.2, 0.25) is 0 Å². The van der Waals surface area contributed by atoms with Crippen molar-refractivity contribution in [3.63, 3.8) is 0 Å². The number of anilines is 1. The van der Waals surface area contributed by atoms with Gasteiger partial charge in [0.1, 0.15) is 0 Å². The van der Waals surface area contributed by atoms with Crippen LogP contribution in [-0.4, -0.2) is 17.6 Å². The molecule has 0 radical (unpaired) electrons. The zero-order valence-electron chi connectivity index (χ0n) is 11.5. The van der Waals surface area contributed by atoms with E-state index in [4.69, 9.17) is 10.7 Å². The molecular weight excluding hydrogens is 254 g/mol. The lowest BCUT2D eigenvalue weighted by Crippen LogP contribution is -2.42. The summed E-state index contributed by atoms with van der Waals surface area (Å²) in [6, 6.07) is 1.02. The molecule has 2 N–H and O–H groups in total. The van der Waals surface area contributed by atoms with Gasteiger partial charge in [0.05, 0.1) is 5.69 Å². The van der Waals surface area contributed by atoms with Crippen molar-refractivity contribution in [2.24, 2.45) is 11.7 Å². The molecule has 1 aliphatic heterocycles. The Bertz CT molecular complexity index is 470. The van der Waals surface area contributed by atoms with Crippen LogP contribution in [0.3, 0.4) is 0 Å². The zero-order valence-corrected chi connectivity index (χ0v) is 12.3. The van der Waals surface area contributed by atoms with E-state index in [0.717, 1.165) is 24.8 Å². The van der Waals surface area contributed by atoms with Crippen molar-refractivity contribution in [3.05, 3.63) is 10.6 Å². The van der Waals surface area contributed by atoms with Gasteiger partial charge in [-0.05, 0) is 50.9 Å². The Labute approximate surface area is 119 Å². The summed E-state index contributed by atoms with van der Waals surface area (Å²) in [5, 5.41) is 1.28. The van der Waals surface area contributed by atoms with Crippen LogP contribution in [0.1, 0.15) is 61.6 Å². The summed E-state index contributed by atoms with van der Waals surface area (Å²) in [7, 11) is 0. The van der Waals surface area contributed by atoms with Gasteiger partial charge in [-0.2, -0.15) is 0 Å². The Morgan fingerprint density at radius 3 is 2.89 bits per heavy atom. The molecule has 4 heteroatoms. The van der Waals surface area contributed by atoms with Gasteiger partial charge in [-0.25, -0.2) is 4.98 Å². The average molecular weight is 277 g/mol. The Kier molecular flexibility index (Phi) is 3.03. The maximum absolute atomic E-state index is 6.25. The molecule has 3 nitrogen and oxygen atoms in total. The molecule has 3 unspecified atom stereocenters. The molecule has 2 aliphatic carbocycles. The third-order valence-electron chi connectivity index (χ3n) is 5.22. The van der Waals surface area contributed by atoms with Gasteiger partial charge in [0.15, 0.2) is 5.13 Å². The van der Waals surface area contributed by atoms with Crippen molar-refractivity contribution in [2.75, 3.05) is 11.4 Å². The van der Waals surface area contributed by atoms with Crippen molar-refractivity contribution in [3.8, 4) is 0 Å². The number of aromatic nitrogens is 1. The largest absolute Gasteiger partial charge is 0.345 e. The highest BCUT2D eigenvalue weighted by Crippen LogP contribution is 2.43. The maximum atomic E-state index is 6.25. The average Bonchev–Trinajstić information content (AvgIpc) is 3.05. The molecule has 19 heavy (non-hydrogen) atoms. The highest BCUT2D eigenvalue weighted by molar-refractivity contribution is 7.15. The van der Waals surface area contributed by atoms with E-state index < -0.39 is 0 Å². The van der Waals surface area contributed by atoms with Gasteiger partial charge in [0.25, 0.3) is 0 Å². The minimum atomic E-state index is 0.249. The third-order valence-corrected chi connectivity index (χ3v) is 6.49. The molecule has 0 spiro atoms. The summed E-state index contributed by atoms with van der Waals surface area (Å²) in [6.45, 7) is 1.21. The number of hydrogen-bond donors (Lipinski definition) is 1. The molecule has 2 fully saturated rings. The molecule has 0 amide bonds. The number of hydrogen-bond acceptors (Lipinski definition) is 4. The number of nitrogens with two attached hydrogens (primary N) is 1. The van der Waals surface area contributed by atoms with Crippen LogP contribution in [0.5, 0.6) is 0 Å². The topological polar surface area (TPSA) is 42.1 Å². The van der Waals surface area contributed by atoms with Crippen LogP contribution in [-0.2, 0) is 6.42 Å². The maximum Gasteiger partial charge on any atom is 0.186 e. The smallest absolute Gasteiger partial charge is 0.186 e. The van der Waals surface area contributed by atoms with Crippen LogP contribution in [0, 0.1) is 5.92 Å². The van der Waals surface area contributed by atoms with E-state index >= 15 is 0 Å². The minimum Gasteiger partial charge on any atom is -0.345 e. The van der Waals surface area contributed by atoms with Crippen LogP contribution < -0.4 is 10.6 Å². The monoisotopic (exact) mass is 277 g/mol. The number of rotatable bonds is 1. The quantitative estimate of drug-likeness (QED) is 0.857. The summed E-state index contributed by atoms with van der Waals surface area (Å²) in [6.07, 6.45) is 10.5. The highest BCUT2D eigenvalue weighted by atomic mass is 32.1. The minimum absolute atomic E-state index is 0.249. The molecule has 104 valence electrons. The second-order valence-electron chi connectivity index (χ2n) is 6.40. The SMILES string of the molecule is NC1CCCc2nc(N3CCCC4CCCC43)sc21. The van der Waals surface area contributed by atoms with Crippen molar-refractivity contribution in [2.45, 2.75) is 63.5 Å². The van der Waals surface area contributed by atoms with Gasteiger partial charge in [0.2, 0.25) is 0 Å². The van der Waals surface area contributed by atoms with Gasteiger partial charge in [-0.15, -0.1) is 0 Å². The molecule has 1 aromatic rings. The van der Waals surface area contributed by atoms with Gasteiger partial charge in [-0.3, -0.25) is 0 Å². The van der Waals surface area contributed by atoms with Crippen LogP contribution in [0.25, 0.3) is 0 Å². The number of piperidine rings is 1. The van der Waals surface area contributed by atoms with Crippen molar-refractivity contribution in [1.82, 2.24) is 4.98 Å². The fourth-order valence-electron chi connectivity index (χ4n) is 4.25. The molecule has 3 atom stereocenters. The Morgan fingerprint density at radius 1 is 1.11 bits per heavy atom. The van der Waals surface area contributed by atoms with Crippen molar-refractivity contribution < 1.29 is 0 Å². The summed E-state index contributed by atoms with van der Waals surface area (Å²) in [5.74, 6) is 0.934. The first-order chi connectivity index (χ1) is 9.33.